The lowest BCUT2D eigenvalue weighted by Gasteiger charge is -2.29. The first-order chi connectivity index (χ1) is 8.79. The Morgan fingerprint density at radius 1 is 1.44 bits per heavy atom. The fourth-order valence-electron chi connectivity index (χ4n) is 2.31. The average molecular weight is 252 g/mol. The van der Waals surface area contributed by atoms with Crippen LogP contribution in [-0.2, 0) is 11.3 Å². The molecule has 2 rings (SSSR count). The van der Waals surface area contributed by atoms with Gasteiger partial charge < -0.3 is 14.6 Å². The van der Waals surface area contributed by atoms with Gasteiger partial charge in [0.25, 0.3) is 0 Å². The Balaban J connectivity index is 1.82. The monoisotopic (exact) mass is 252 g/mol. The van der Waals surface area contributed by atoms with Gasteiger partial charge >= 0.3 is 0 Å². The summed E-state index contributed by atoms with van der Waals surface area (Å²) in [6.45, 7) is 10.2. The summed E-state index contributed by atoms with van der Waals surface area (Å²) in [6, 6.07) is 0.404. The highest BCUT2D eigenvalue weighted by atomic mass is 16.5. The van der Waals surface area contributed by atoms with E-state index in [1.807, 2.05) is 12.4 Å². The van der Waals surface area contributed by atoms with Gasteiger partial charge in [0.2, 0.25) is 5.95 Å². The summed E-state index contributed by atoms with van der Waals surface area (Å²) in [5.41, 5.74) is 0. The van der Waals surface area contributed by atoms with Crippen molar-refractivity contribution >= 4 is 5.95 Å². The number of nitrogens with one attached hydrogen (secondary N) is 1. The molecule has 2 heterocycles. The molecule has 1 aromatic rings. The molecule has 0 amide bonds. The molecule has 1 aromatic heterocycles. The van der Waals surface area contributed by atoms with Gasteiger partial charge in [-0.25, -0.2) is 4.98 Å². The van der Waals surface area contributed by atoms with Crippen molar-refractivity contribution < 1.29 is 4.74 Å². The molecule has 0 aliphatic carbocycles. The van der Waals surface area contributed by atoms with Crippen LogP contribution >= 0.6 is 0 Å². The highest BCUT2D eigenvalue weighted by Crippen LogP contribution is 2.08. The van der Waals surface area contributed by atoms with E-state index < -0.39 is 0 Å². The predicted molar refractivity (Wildman–Crippen MR) is 72.9 cm³/mol. The number of anilines is 1. The molecule has 1 saturated heterocycles. The molecule has 0 bridgehead atoms. The van der Waals surface area contributed by atoms with E-state index in [9.17, 15) is 0 Å². The largest absolute Gasteiger partial charge is 0.379 e. The van der Waals surface area contributed by atoms with Crippen LogP contribution < -0.4 is 5.32 Å². The summed E-state index contributed by atoms with van der Waals surface area (Å²) in [5, 5.41) is 3.49. The van der Waals surface area contributed by atoms with Gasteiger partial charge in [-0.05, 0) is 13.3 Å². The molecule has 0 spiro atoms. The quantitative estimate of drug-likeness (QED) is 0.831. The number of rotatable bonds is 6. The standard InChI is InChI=1S/C13H24N4O/c1-3-5-17-6-4-14-13(17)15-12(2)11-16-7-9-18-10-8-16/h4,6,12H,3,5,7-11H2,1-2H3,(H,14,15). The molecular formula is C13H24N4O. The fourth-order valence-corrected chi connectivity index (χ4v) is 2.31. The van der Waals surface area contributed by atoms with E-state index in [0.717, 1.165) is 51.8 Å². The second kappa shape index (κ2) is 6.75. The smallest absolute Gasteiger partial charge is 0.203 e. The Bertz CT molecular complexity index is 347. The summed E-state index contributed by atoms with van der Waals surface area (Å²) < 4.78 is 7.54. The van der Waals surface area contributed by atoms with Crippen LogP contribution in [0.2, 0.25) is 0 Å². The maximum atomic E-state index is 5.36. The van der Waals surface area contributed by atoms with Crippen molar-refractivity contribution in [2.24, 2.45) is 0 Å². The third kappa shape index (κ3) is 3.71. The molecule has 0 aromatic carbocycles. The van der Waals surface area contributed by atoms with E-state index in [1.165, 1.54) is 0 Å². The number of nitrogens with zero attached hydrogens (tertiary/aromatic N) is 3. The number of aromatic nitrogens is 2. The van der Waals surface area contributed by atoms with Crippen molar-refractivity contribution in [3.8, 4) is 0 Å². The van der Waals surface area contributed by atoms with Crippen molar-refractivity contribution in [1.82, 2.24) is 14.5 Å². The number of morpholine rings is 1. The summed E-state index contributed by atoms with van der Waals surface area (Å²) in [4.78, 5) is 6.82. The average Bonchev–Trinajstić information content (AvgIpc) is 2.78. The molecule has 5 heteroatoms. The van der Waals surface area contributed by atoms with Gasteiger partial charge in [0, 0.05) is 44.6 Å². The third-order valence-electron chi connectivity index (χ3n) is 3.19. The lowest BCUT2D eigenvalue weighted by atomic mass is 10.3. The zero-order chi connectivity index (χ0) is 12.8. The minimum absolute atomic E-state index is 0.404. The second-order valence-corrected chi connectivity index (χ2v) is 4.90. The lowest BCUT2D eigenvalue weighted by Crippen LogP contribution is -2.42. The molecule has 1 fully saturated rings. The van der Waals surface area contributed by atoms with Crippen LogP contribution in [0, 0.1) is 0 Å². The van der Waals surface area contributed by atoms with Crippen LogP contribution in [0.4, 0.5) is 5.95 Å². The topological polar surface area (TPSA) is 42.3 Å². The normalized spacial score (nSPS) is 18.8. The van der Waals surface area contributed by atoms with E-state index in [2.05, 4.69) is 33.6 Å². The maximum Gasteiger partial charge on any atom is 0.203 e. The highest BCUT2D eigenvalue weighted by molar-refractivity contribution is 5.27. The van der Waals surface area contributed by atoms with Gasteiger partial charge in [0.15, 0.2) is 0 Å². The molecule has 0 saturated carbocycles. The summed E-state index contributed by atoms with van der Waals surface area (Å²) in [6.07, 6.45) is 5.02. The summed E-state index contributed by atoms with van der Waals surface area (Å²) >= 11 is 0. The number of ether oxygens (including phenoxy) is 1. The number of imidazole rings is 1. The molecule has 102 valence electrons. The zero-order valence-corrected chi connectivity index (χ0v) is 11.4. The predicted octanol–water partition coefficient (Wildman–Crippen LogP) is 1.43. The minimum atomic E-state index is 0.404. The van der Waals surface area contributed by atoms with Gasteiger partial charge in [0.1, 0.15) is 0 Å². The minimum Gasteiger partial charge on any atom is -0.379 e. The molecule has 1 unspecified atom stereocenters. The first-order valence-corrected chi connectivity index (χ1v) is 6.87. The van der Waals surface area contributed by atoms with E-state index in [-0.39, 0.29) is 0 Å². The van der Waals surface area contributed by atoms with Crippen LogP contribution in [0.5, 0.6) is 0 Å². The summed E-state index contributed by atoms with van der Waals surface area (Å²) in [7, 11) is 0. The molecular weight excluding hydrogens is 228 g/mol. The number of aryl methyl sites for hydroxylation is 1. The van der Waals surface area contributed by atoms with E-state index >= 15 is 0 Å². The Morgan fingerprint density at radius 3 is 2.94 bits per heavy atom. The Labute approximate surface area is 109 Å². The highest BCUT2D eigenvalue weighted by Gasteiger charge is 2.14. The molecule has 5 nitrogen and oxygen atoms in total. The molecule has 0 radical (unpaired) electrons. The van der Waals surface area contributed by atoms with Gasteiger partial charge in [-0.2, -0.15) is 0 Å². The van der Waals surface area contributed by atoms with Gasteiger partial charge in [0.05, 0.1) is 13.2 Å². The van der Waals surface area contributed by atoms with Crippen molar-refractivity contribution in [3.05, 3.63) is 12.4 Å². The first kappa shape index (κ1) is 13.4. The van der Waals surface area contributed by atoms with Crippen LogP contribution in [-0.4, -0.2) is 53.3 Å². The Morgan fingerprint density at radius 2 is 2.22 bits per heavy atom. The lowest BCUT2D eigenvalue weighted by molar-refractivity contribution is 0.0367. The van der Waals surface area contributed by atoms with Gasteiger partial charge in [-0.15, -0.1) is 0 Å². The van der Waals surface area contributed by atoms with Crippen molar-refractivity contribution in [3.63, 3.8) is 0 Å². The van der Waals surface area contributed by atoms with E-state index in [1.54, 1.807) is 0 Å². The maximum absolute atomic E-state index is 5.36. The number of hydrogen-bond donors (Lipinski definition) is 1. The first-order valence-electron chi connectivity index (χ1n) is 6.87. The van der Waals surface area contributed by atoms with Crippen LogP contribution in [0.3, 0.4) is 0 Å². The van der Waals surface area contributed by atoms with Crippen LogP contribution in [0.25, 0.3) is 0 Å². The van der Waals surface area contributed by atoms with Crippen molar-refractivity contribution in [2.75, 3.05) is 38.2 Å². The van der Waals surface area contributed by atoms with Gasteiger partial charge in [-0.1, -0.05) is 6.92 Å². The zero-order valence-electron chi connectivity index (χ0n) is 11.4. The number of hydrogen-bond acceptors (Lipinski definition) is 4. The molecule has 1 aliphatic heterocycles. The van der Waals surface area contributed by atoms with Crippen molar-refractivity contribution in [1.29, 1.82) is 0 Å². The molecule has 18 heavy (non-hydrogen) atoms. The third-order valence-corrected chi connectivity index (χ3v) is 3.19. The van der Waals surface area contributed by atoms with Crippen LogP contribution in [0.1, 0.15) is 20.3 Å². The molecule has 1 aliphatic rings. The second-order valence-electron chi connectivity index (χ2n) is 4.90. The summed E-state index contributed by atoms with van der Waals surface area (Å²) in [5.74, 6) is 0.984. The Hall–Kier alpha value is -1.07. The molecule has 1 atom stereocenters. The fraction of sp³-hybridized carbons (Fsp3) is 0.769. The SMILES string of the molecule is CCCn1ccnc1NC(C)CN1CCOCC1. The molecule has 1 N–H and O–H groups in total. The Kier molecular flexibility index (Phi) is 5.01. The van der Waals surface area contributed by atoms with E-state index in [0.29, 0.717) is 6.04 Å². The van der Waals surface area contributed by atoms with Crippen LogP contribution in [0.15, 0.2) is 12.4 Å². The van der Waals surface area contributed by atoms with E-state index in [4.69, 9.17) is 4.74 Å². The van der Waals surface area contributed by atoms with Gasteiger partial charge in [-0.3, -0.25) is 4.90 Å². The van der Waals surface area contributed by atoms with Crippen molar-refractivity contribution in [2.45, 2.75) is 32.9 Å².